The first kappa shape index (κ1) is 26.2. The molecule has 208 valence electrons. The van der Waals surface area contributed by atoms with Crippen molar-refractivity contribution in [2.75, 3.05) is 20.4 Å². The molecule has 2 aromatic carbocycles. The lowest BCUT2D eigenvalue weighted by molar-refractivity contribution is -0.111. The summed E-state index contributed by atoms with van der Waals surface area (Å²) in [6.07, 6.45) is 9.60. The number of anilines is 6. The summed E-state index contributed by atoms with van der Waals surface area (Å²) < 4.78 is 1.92. The van der Waals surface area contributed by atoms with Crippen LogP contribution in [0.5, 0.6) is 0 Å². The monoisotopic (exact) mass is 550 g/mol. The number of nitrogens with zero attached hydrogens (tertiary/aromatic N) is 6. The van der Waals surface area contributed by atoms with E-state index in [1.54, 1.807) is 41.6 Å². The number of aliphatic hydroxyl groups excluding tert-OH is 1. The molecule has 0 atom stereocenters. The molecule has 1 aliphatic heterocycles. The Kier molecular flexibility index (Phi) is 7.17. The first-order valence-corrected chi connectivity index (χ1v) is 13.5. The Morgan fingerprint density at radius 1 is 1.00 bits per heavy atom. The molecule has 3 N–H and O–H groups in total. The zero-order valence-electron chi connectivity index (χ0n) is 22.3. The Hall–Kier alpha value is -5.03. The second kappa shape index (κ2) is 11.2. The highest BCUT2D eigenvalue weighted by atomic mass is 16.3. The Morgan fingerprint density at radius 3 is 2.56 bits per heavy atom. The SMILES string of the molecule is C=CC(=O)Nc1cccc(N2C(=O)N(c3ccccc3)Cc3cnc(Nc4cnn(C5CCC(O)CC5)c4)nc32)c1. The third kappa shape index (κ3) is 5.52. The van der Waals surface area contributed by atoms with E-state index in [1.165, 1.54) is 11.0 Å². The number of rotatable bonds is 7. The van der Waals surface area contributed by atoms with Gasteiger partial charge in [0.05, 0.1) is 36.3 Å². The van der Waals surface area contributed by atoms with Gasteiger partial charge in [-0.2, -0.15) is 10.1 Å². The van der Waals surface area contributed by atoms with Crippen molar-refractivity contribution in [1.82, 2.24) is 19.7 Å². The van der Waals surface area contributed by atoms with Crippen molar-refractivity contribution in [2.24, 2.45) is 0 Å². The van der Waals surface area contributed by atoms with Crippen molar-refractivity contribution >= 4 is 46.5 Å². The number of aromatic nitrogens is 4. The normalized spacial score (nSPS) is 18.5. The third-order valence-corrected chi connectivity index (χ3v) is 7.33. The minimum Gasteiger partial charge on any atom is -0.393 e. The Morgan fingerprint density at radius 2 is 1.78 bits per heavy atom. The molecule has 1 fully saturated rings. The van der Waals surface area contributed by atoms with Crippen molar-refractivity contribution in [2.45, 2.75) is 44.4 Å². The second-order valence-corrected chi connectivity index (χ2v) is 10.1. The number of carbonyl (C=O) groups excluding carboxylic acids is 2. The Labute approximate surface area is 237 Å². The van der Waals surface area contributed by atoms with E-state index in [9.17, 15) is 14.7 Å². The van der Waals surface area contributed by atoms with E-state index < -0.39 is 0 Å². The molecule has 11 heteroatoms. The van der Waals surface area contributed by atoms with E-state index in [4.69, 9.17) is 4.98 Å². The van der Waals surface area contributed by atoms with Gasteiger partial charge in [-0.15, -0.1) is 0 Å². The zero-order chi connectivity index (χ0) is 28.3. The van der Waals surface area contributed by atoms with Gasteiger partial charge in [0.1, 0.15) is 0 Å². The first-order valence-electron chi connectivity index (χ1n) is 13.5. The zero-order valence-corrected chi connectivity index (χ0v) is 22.3. The summed E-state index contributed by atoms with van der Waals surface area (Å²) >= 11 is 0. The van der Waals surface area contributed by atoms with Crippen LogP contribution in [0, 0.1) is 0 Å². The summed E-state index contributed by atoms with van der Waals surface area (Å²) in [5, 5.41) is 20.3. The quantitative estimate of drug-likeness (QED) is 0.267. The summed E-state index contributed by atoms with van der Waals surface area (Å²) in [7, 11) is 0. The van der Waals surface area contributed by atoms with Crippen LogP contribution in [-0.4, -0.2) is 42.9 Å². The van der Waals surface area contributed by atoms with Gasteiger partial charge in [0.25, 0.3) is 0 Å². The van der Waals surface area contributed by atoms with Crippen LogP contribution in [0.2, 0.25) is 0 Å². The van der Waals surface area contributed by atoms with Crippen LogP contribution in [0.1, 0.15) is 37.3 Å². The number of hydrogen-bond acceptors (Lipinski definition) is 7. The summed E-state index contributed by atoms with van der Waals surface area (Å²) in [4.78, 5) is 38.4. The molecule has 4 aromatic rings. The molecule has 0 radical (unpaired) electrons. The van der Waals surface area contributed by atoms with Gasteiger partial charge in [-0.3, -0.25) is 14.4 Å². The van der Waals surface area contributed by atoms with E-state index in [1.807, 2.05) is 41.2 Å². The fourth-order valence-corrected chi connectivity index (χ4v) is 5.22. The number of para-hydroxylation sites is 1. The Balaban J connectivity index is 1.33. The highest BCUT2D eigenvalue weighted by Crippen LogP contribution is 2.37. The summed E-state index contributed by atoms with van der Waals surface area (Å²) in [6.45, 7) is 3.81. The molecule has 1 aliphatic carbocycles. The van der Waals surface area contributed by atoms with Gasteiger partial charge in [0.2, 0.25) is 11.9 Å². The molecule has 1 saturated carbocycles. The lowest BCUT2D eigenvalue weighted by Gasteiger charge is -2.36. The van der Waals surface area contributed by atoms with E-state index in [-0.39, 0.29) is 24.1 Å². The van der Waals surface area contributed by atoms with Crippen molar-refractivity contribution in [3.05, 3.63) is 91.4 Å². The fraction of sp³-hybridized carbons (Fsp3) is 0.233. The standard InChI is InChI=1S/C30H30N8O3/c1-2-27(40)33-21-7-6-10-25(15-21)38-28-20(18-36(30(38)41)23-8-4-3-5-9-23)16-31-29(35-28)34-22-17-32-37(19-22)24-11-13-26(39)14-12-24/h2-10,15-17,19,24,26,39H,1,11-14,18H2,(H,33,40)(H,31,34,35). The van der Waals surface area contributed by atoms with Gasteiger partial charge >= 0.3 is 6.03 Å². The molecule has 0 unspecified atom stereocenters. The van der Waals surface area contributed by atoms with Crippen molar-refractivity contribution < 1.29 is 14.7 Å². The van der Waals surface area contributed by atoms with Gasteiger partial charge in [-0.1, -0.05) is 30.8 Å². The van der Waals surface area contributed by atoms with Crippen LogP contribution in [0.25, 0.3) is 0 Å². The van der Waals surface area contributed by atoms with Crippen LogP contribution < -0.4 is 20.4 Å². The van der Waals surface area contributed by atoms with Crippen LogP contribution >= 0.6 is 0 Å². The molecule has 3 heterocycles. The number of amides is 3. The van der Waals surface area contributed by atoms with Gasteiger partial charge in [-0.25, -0.2) is 14.7 Å². The largest absolute Gasteiger partial charge is 0.393 e. The van der Waals surface area contributed by atoms with Gasteiger partial charge < -0.3 is 15.7 Å². The molecule has 3 amide bonds. The predicted octanol–water partition coefficient (Wildman–Crippen LogP) is 5.30. The van der Waals surface area contributed by atoms with Crippen LogP contribution in [0.3, 0.4) is 0 Å². The molecule has 11 nitrogen and oxygen atoms in total. The van der Waals surface area contributed by atoms with Crippen molar-refractivity contribution in [3.63, 3.8) is 0 Å². The van der Waals surface area contributed by atoms with E-state index in [2.05, 4.69) is 27.3 Å². The average Bonchev–Trinajstić information content (AvgIpc) is 3.46. The molecular weight excluding hydrogens is 520 g/mol. The maximum absolute atomic E-state index is 14.0. The number of carbonyl (C=O) groups is 2. The maximum atomic E-state index is 14.0. The highest BCUT2D eigenvalue weighted by molar-refractivity contribution is 6.10. The van der Waals surface area contributed by atoms with Gasteiger partial charge in [0.15, 0.2) is 5.82 Å². The fourth-order valence-electron chi connectivity index (χ4n) is 5.22. The summed E-state index contributed by atoms with van der Waals surface area (Å²) in [6, 6.07) is 16.4. The molecule has 6 rings (SSSR count). The predicted molar refractivity (Wildman–Crippen MR) is 156 cm³/mol. The van der Waals surface area contributed by atoms with E-state index in [0.717, 1.165) is 42.6 Å². The first-order chi connectivity index (χ1) is 20.0. The van der Waals surface area contributed by atoms with E-state index >= 15 is 0 Å². The van der Waals surface area contributed by atoms with Crippen molar-refractivity contribution in [3.8, 4) is 0 Å². The molecule has 41 heavy (non-hydrogen) atoms. The number of hydrogen-bond donors (Lipinski definition) is 3. The van der Waals surface area contributed by atoms with Crippen LogP contribution in [0.4, 0.5) is 39.3 Å². The van der Waals surface area contributed by atoms with Crippen LogP contribution in [0.15, 0.2) is 85.8 Å². The smallest absolute Gasteiger partial charge is 0.335 e. The summed E-state index contributed by atoms with van der Waals surface area (Å²) in [5.74, 6) is 0.419. The second-order valence-electron chi connectivity index (χ2n) is 10.1. The lowest BCUT2D eigenvalue weighted by atomic mass is 9.93. The highest BCUT2D eigenvalue weighted by Gasteiger charge is 2.34. The number of fused-ring (bicyclic) bond motifs is 1. The topological polar surface area (TPSA) is 129 Å². The molecule has 2 aromatic heterocycles. The third-order valence-electron chi connectivity index (χ3n) is 7.33. The number of nitrogens with one attached hydrogen (secondary N) is 2. The molecular formula is C30H30N8O3. The number of benzene rings is 2. The molecule has 0 bridgehead atoms. The Bertz CT molecular complexity index is 1580. The summed E-state index contributed by atoms with van der Waals surface area (Å²) in [5.41, 5.74) is 3.29. The van der Waals surface area contributed by atoms with Gasteiger partial charge in [-0.05, 0) is 62.1 Å². The number of aliphatic hydroxyl groups is 1. The molecule has 2 aliphatic rings. The molecule has 0 spiro atoms. The average molecular weight is 551 g/mol. The number of urea groups is 1. The van der Waals surface area contributed by atoms with Crippen molar-refractivity contribution in [1.29, 1.82) is 0 Å². The molecule has 0 saturated heterocycles. The van der Waals surface area contributed by atoms with Crippen LogP contribution in [-0.2, 0) is 11.3 Å². The van der Waals surface area contributed by atoms with E-state index in [0.29, 0.717) is 29.7 Å². The lowest BCUT2D eigenvalue weighted by Crippen LogP contribution is -2.45. The minimum atomic E-state index is -0.350. The minimum absolute atomic E-state index is 0.231. The van der Waals surface area contributed by atoms with Gasteiger partial charge in [0, 0.05) is 29.3 Å². The maximum Gasteiger partial charge on any atom is 0.335 e.